The third-order valence-electron chi connectivity index (χ3n) is 4.75. The standard InChI is InChI=1S/C22H21N3O3S/c1-13-3-4-14(2)19(9-13)28-11-21(27)25-22-24-18(12-29-22)16-5-7-17-15(10-16)6-8-20(26)23-17/h3-5,7,9-10,12H,6,8,11H2,1-2H3,(H,23,26)(H,24,25,27). The van der Waals surface area contributed by atoms with Crippen molar-refractivity contribution in [3.8, 4) is 17.0 Å². The van der Waals surface area contributed by atoms with Gasteiger partial charge in [-0.1, -0.05) is 18.2 Å². The summed E-state index contributed by atoms with van der Waals surface area (Å²) in [5.74, 6) is 0.507. The summed E-state index contributed by atoms with van der Waals surface area (Å²) in [6.07, 6.45) is 1.22. The first-order valence-corrected chi connectivity index (χ1v) is 10.2. The monoisotopic (exact) mass is 407 g/mol. The molecule has 0 saturated carbocycles. The Balaban J connectivity index is 1.40. The molecule has 2 heterocycles. The number of aromatic nitrogens is 1. The van der Waals surface area contributed by atoms with E-state index in [2.05, 4.69) is 15.6 Å². The van der Waals surface area contributed by atoms with Crippen LogP contribution in [0.1, 0.15) is 23.1 Å². The number of hydrogen-bond acceptors (Lipinski definition) is 5. The van der Waals surface area contributed by atoms with Gasteiger partial charge in [0, 0.05) is 23.1 Å². The van der Waals surface area contributed by atoms with E-state index < -0.39 is 0 Å². The number of nitrogens with zero attached hydrogens (tertiary/aromatic N) is 1. The number of fused-ring (bicyclic) bond motifs is 1. The van der Waals surface area contributed by atoms with E-state index in [4.69, 9.17) is 4.74 Å². The molecule has 0 unspecified atom stereocenters. The Morgan fingerprint density at radius 2 is 2.07 bits per heavy atom. The summed E-state index contributed by atoms with van der Waals surface area (Å²) in [5.41, 5.74) is 5.78. The number of ether oxygens (including phenoxy) is 1. The fraction of sp³-hybridized carbons (Fsp3) is 0.227. The lowest BCUT2D eigenvalue weighted by Gasteiger charge is -2.17. The van der Waals surface area contributed by atoms with Gasteiger partial charge in [-0.15, -0.1) is 11.3 Å². The molecule has 0 spiro atoms. The molecule has 7 heteroatoms. The molecule has 0 fully saturated rings. The van der Waals surface area contributed by atoms with Gasteiger partial charge >= 0.3 is 0 Å². The molecule has 3 aromatic rings. The highest BCUT2D eigenvalue weighted by Gasteiger charge is 2.16. The lowest BCUT2D eigenvalue weighted by atomic mass is 9.99. The van der Waals surface area contributed by atoms with E-state index in [1.807, 2.05) is 55.6 Å². The smallest absolute Gasteiger partial charge is 0.264 e. The largest absolute Gasteiger partial charge is 0.483 e. The number of carbonyl (C=O) groups excluding carboxylic acids is 2. The summed E-state index contributed by atoms with van der Waals surface area (Å²) in [7, 11) is 0. The van der Waals surface area contributed by atoms with E-state index in [1.54, 1.807) is 0 Å². The molecule has 0 atom stereocenters. The van der Waals surface area contributed by atoms with Gasteiger partial charge in [-0.25, -0.2) is 4.98 Å². The molecular formula is C22H21N3O3S. The van der Waals surface area contributed by atoms with Crippen LogP contribution in [0.2, 0.25) is 0 Å². The average Bonchev–Trinajstić information content (AvgIpc) is 3.16. The van der Waals surface area contributed by atoms with Crippen LogP contribution < -0.4 is 15.4 Å². The molecule has 148 valence electrons. The Hall–Kier alpha value is -3.19. The van der Waals surface area contributed by atoms with Crippen molar-refractivity contribution in [2.24, 2.45) is 0 Å². The van der Waals surface area contributed by atoms with Crippen LogP contribution in [0.15, 0.2) is 41.8 Å². The number of benzene rings is 2. The van der Waals surface area contributed by atoms with Crippen molar-refractivity contribution in [1.82, 2.24) is 4.98 Å². The summed E-state index contributed by atoms with van der Waals surface area (Å²) in [4.78, 5) is 28.2. The Bertz CT molecular complexity index is 1090. The van der Waals surface area contributed by atoms with Crippen LogP contribution in [-0.4, -0.2) is 23.4 Å². The number of aryl methyl sites for hydroxylation is 3. The molecule has 4 rings (SSSR count). The Kier molecular flexibility index (Phi) is 5.31. The number of anilines is 2. The van der Waals surface area contributed by atoms with Gasteiger partial charge in [0.05, 0.1) is 5.69 Å². The van der Waals surface area contributed by atoms with Crippen molar-refractivity contribution >= 4 is 34.0 Å². The molecule has 6 nitrogen and oxygen atoms in total. The molecule has 0 radical (unpaired) electrons. The van der Waals surface area contributed by atoms with E-state index in [0.29, 0.717) is 17.3 Å². The van der Waals surface area contributed by atoms with Gasteiger partial charge in [0.25, 0.3) is 5.91 Å². The molecule has 0 saturated heterocycles. The number of rotatable bonds is 5. The van der Waals surface area contributed by atoms with Gasteiger partial charge in [-0.05, 0) is 55.2 Å². The Labute approximate surface area is 172 Å². The first kappa shape index (κ1) is 19.1. The zero-order valence-corrected chi connectivity index (χ0v) is 17.1. The first-order chi connectivity index (χ1) is 14.0. The SMILES string of the molecule is Cc1ccc(C)c(OCC(=O)Nc2nc(-c3ccc4c(c3)CCC(=O)N4)cs2)c1. The first-order valence-electron chi connectivity index (χ1n) is 9.36. The topological polar surface area (TPSA) is 80.3 Å². The predicted octanol–water partition coefficient (Wildman–Crippen LogP) is 4.33. The van der Waals surface area contributed by atoms with E-state index in [9.17, 15) is 9.59 Å². The van der Waals surface area contributed by atoms with E-state index >= 15 is 0 Å². The number of nitrogens with one attached hydrogen (secondary N) is 2. The molecule has 0 aliphatic carbocycles. The van der Waals surface area contributed by atoms with Crippen LogP contribution in [0.5, 0.6) is 5.75 Å². The second kappa shape index (κ2) is 8.05. The summed E-state index contributed by atoms with van der Waals surface area (Å²) >= 11 is 1.37. The molecule has 29 heavy (non-hydrogen) atoms. The summed E-state index contributed by atoms with van der Waals surface area (Å²) < 4.78 is 5.64. The van der Waals surface area contributed by atoms with Gasteiger partial charge < -0.3 is 10.1 Å². The molecule has 2 amide bonds. The normalized spacial score (nSPS) is 12.8. The molecule has 2 N–H and O–H groups in total. The van der Waals surface area contributed by atoms with Gasteiger partial charge in [0.1, 0.15) is 5.75 Å². The lowest BCUT2D eigenvalue weighted by molar-refractivity contribution is -0.118. The van der Waals surface area contributed by atoms with Gasteiger partial charge in [-0.2, -0.15) is 0 Å². The summed E-state index contributed by atoms with van der Waals surface area (Å²) in [6.45, 7) is 3.86. The summed E-state index contributed by atoms with van der Waals surface area (Å²) in [5, 5.41) is 8.10. The quantitative estimate of drug-likeness (QED) is 0.660. The fourth-order valence-corrected chi connectivity index (χ4v) is 3.90. The van der Waals surface area contributed by atoms with Gasteiger partial charge in [0.2, 0.25) is 5.91 Å². The van der Waals surface area contributed by atoms with E-state index in [1.165, 1.54) is 11.3 Å². The number of amides is 2. The van der Waals surface area contributed by atoms with Crippen molar-refractivity contribution in [3.63, 3.8) is 0 Å². The highest BCUT2D eigenvalue weighted by Crippen LogP contribution is 2.30. The lowest BCUT2D eigenvalue weighted by Crippen LogP contribution is -2.20. The minimum absolute atomic E-state index is 0.0481. The second-order valence-corrected chi connectivity index (χ2v) is 7.92. The molecule has 2 aromatic carbocycles. The molecule has 0 bridgehead atoms. The van der Waals surface area contributed by atoms with Crippen molar-refractivity contribution in [2.75, 3.05) is 17.2 Å². The average molecular weight is 407 g/mol. The van der Waals surface area contributed by atoms with E-state index in [0.717, 1.165) is 40.1 Å². The van der Waals surface area contributed by atoms with Gasteiger partial charge in [0.15, 0.2) is 11.7 Å². The minimum atomic E-state index is -0.250. The maximum Gasteiger partial charge on any atom is 0.264 e. The molecule has 1 aliphatic heterocycles. The third kappa shape index (κ3) is 4.46. The molecule has 1 aromatic heterocycles. The van der Waals surface area contributed by atoms with Crippen molar-refractivity contribution in [3.05, 3.63) is 58.5 Å². The minimum Gasteiger partial charge on any atom is -0.483 e. The van der Waals surface area contributed by atoms with Crippen molar-refractivity contribution in [2.45, 2.75) is 26.7 Å². The Morgan fingerprint density at radius 3 is 2.93 bits per heavy atom. The fourth-order valence-electron chi connectivity index (χ4n) is 3.17. The summed E-state index contributed by atoms with van der Waals surface area (Å²) in [6, 6.07) is 11.8. The zero-order chi connectivity index (χ0) is 20.4. The van der Waals surface area contributed by atoms with Gasteiger partial charge in [-0.3, -0.25) is 14.9 Å². The second-order valence-electron chi connectivity index (χ2n) is 7.06. The highest BCUT2D eigenvalue weighted by atomic mass is 32.1. The maximum absolute atomic E-state index is 12.2. The molecular weight excluding hydrogens is 386 g/mol. The van der Waals surface area contributed by atoms with Crippen LogP contribution >= 0.6 is 11.3 Å². The van der Waals surface area contributed by atoms with Crippen molar-refractivity contribution < 1.29 is 14.3 Å². The van der Waals surface area contributed by atoms with Crippen molar-refractivity contribution in [1.29, 1.82) is 0 Å². The molecule has 1 aliphatic rings. The van der Waals surface area contributed by atoms with Crippen LogP contribution in [0.25, 0.3) is 11.3 Å². The Morgan fingerprint density at radius 1 is 1.21 bits per heavy atom. The van der Waals surface area contributed by atoms with Crippen LogP contribution in [0.3, 0.4) is 0 Å². The third-order valence-corrected chi connectivity index (χ3v) is 5.51. The highest BCUT2D eigenvalue weighted by molar-refractivity contribution is 7.14. The number of thiazole rings is 1. The number of carbonyl (C=O) groups is 2. The number of hydrogen-bond donors (Lipinski definition) is 2. The van der Waals surface area contributed by atoms with Crippen LogP contribution in [0, 0.1) is 13.8 Å². The van der Waals surface area contributed by atoms with Crippen LogP contribution in [0.4, 0.5) is 10.8 Å². The van der Waals surface area contributed by atoms with Crippen LogP contribution in [-0.2, 0) is 16.0 Å². The predicted molar refractivity (Wildman–Crippen MR) is 115 cm³/mol. The maximum atomic E-state index is 12.2. The zero-order valence-electron chi connectivity index (χ0n) is 16.2. The van der Waals surface area contributed by atoms with E-state index in [-0.39, 0.29) is 18.4 Å².